The maximum atomic E-state index is 12.7. The molecule has 0 unspecified atom stereocenters. The van der Waals surface area contributed by atoms with E-state index in [2.05, 4.69) is 103 Å². The Balaban J connectivity index is 0.000000235. The van der Waals surface area contributed by atoms with Crippen LogP contribution in [0.2, 0.25) is 0 Å². The van der Waals surface area contributed by atoms with Gasteiger partial charge >= 0.3 is 0 Å². The number of benzene rings is 5. The molecule has 0 aliphatic carbocycles. The number of oxazole rings is 1. The lowest BCUT2D eigenvalue weighted by Gasteiger charge is -2.30. The number of thiazole rings is 1. The van der Waals surface area contributed by atoms with E-state index in [0.29, 0.717) is 66.2 Å². The predicted octanol–water partition coefficient (Wildman–Crippen LogP) is 3.50. The number of aromatic nitrogens is 8. The molecule has 121 heavy (non-hydrogen) atoms. The number of primary sulfonamides is 1. The van der Waals surface area contributed by atoms with Crippen molar-refractivity contribution in [1.82, 2.24) is 90.9 Å². The lowest BCUT2D eigenvalue weighted by Crippen LogP contribution is -2.52. The van der Waals surface area contributed by atoms with Crippen molar-refractivity contribution >= 4 is 105 Å². The fourth-order valence-corrected chi connectivity index (χ4v) is 16.1. The number of nitrogens with two attached hydrogens (primary N) is 1. The molecule has 5 amide bonds. The van der Waals surface area contributed by atoms with Crippen LogP contribution in [0.1, 0.15) is 74.1 Å². The Kier molecular flexibility index (Phi) is 38.3. The number of H-pyrrole nitrogens is 3. The van der Waals surface area contributed by atoms with Crippen molar-refractivity contribution in [3.63, 3.8) is 0 Å². The molecule has 0 aliphatic heterocycles. The predicted molar refractivity (Wildman–Crippen MR) is 471 cm³/mol. The number of carbonyl (C=O) groups is 5. The van der Waals surface area contributed by atoms with Crippen LogP contribution in [-0.2, 0) is 86.4 Å². The number of sulfonamides is 1. The first-order valence-electron chi connectivity index (χ1n) is 40.1. The SMILES string of the molecule is CNC(=O)[C@@H]([C@H](O)[C@H](C)Cc1[nH]c2cc(CN(C)C)ccc2[n+]1C)N(C)C.CNC(=O)[C@@H]([C@H](O)[C@H](C)Cc1nc2ccc(CF)cc2[nH]1)N(C)C.CNC(=O)[C@@H]([C@H](O)[C@H](C)Cc1nc2ccc(S(N)(=O)=O)cc2[nH]1)N(C)C.CNC(=O)[C@@H]([C@H](O)[C@H](C)Cc1nc2ccccc2o1)N(C)C.CNC(=O)[C@@H]([C@H](O)[C@H](C)Cc1nc2ccccc2s1)N(C)C. The van der Waals surface area contributed by atoms with E-state index in [9.17, 15) is 62.3 Å². The van der Waals surface area contributed by atoms with E-state index in [0.717, 1.165) is 60.8 Å². The number of carbonyl (C=O) groups excluding carboxylic acids is 5. The number of aliphatic hydroxyl groups is 5. The highest BCUT2D eigenvalue weighted by Gasteiger charge is 2.38. The molecule has 15 atom stereocenters. The van der Waals surface area contributed by atoms with Gasteiger partial charge in [0.15, 0.2) is 22.5 Å². The van der Waals surface area contributed by atoms with E-state index in [1.165, 1.54) is 24.7 Å². The van der Waals surface area contributed by atoms with Gasteiger partial charge in [-0.25, -0.2) is 47.4 Å². The number of imidazole rings is 3. The summed E-state index contributed by atoms with van der Waals surface area (Å²) in [4.78, 5) is 98.4. The largest absolute Gasteiger partial charge is 0.441 e. The normalized spacial score (nSPS) is 15.6. The number of amides is 5. The van der Waals surface area contributed by atoms with Crippen molar-refractivity contribution in [1.29, 1.82) is 0 Å². The molecule has 0 fully saturated rings. The lowest BCUT2D eigenvalue weighted by molar-refractivity contribution is -0.653. The topological polar surface area (TPSA) is 442 Å². The molecule has 0 spiro atoms. The minimum Gasteiger partial charge on any atom is -0.441 e. The van der Waals surface area contributed by atoms with Crippen LogP contribution in [0.3, 0.4) is 0 Å². The second kappa shape index (κ2) is 46.2. The summed E-state index contributed by atoms with van der Waals surface area (Å²) in [7, 11) is 27.9. The van der Waals surface area contributed by atoms with E-state index < -0.39 is 77.4 Å². The molecule has 36 heteroatoms. The fraction of sp³-hybridized carbons (Fsp3) is 0.529. The average Bonchev–Trinajstić information content (AvgIpc) is 1.63. The first-order valence-corrected chi connectivity index (χ1v) is 42.5. The third-order valence-electron chi connectivity index (χ3n) is 21.3. The molecule has 10 rings (SSSR count). The van der Waals surface area contributed by atoms with Crippen molar-refractivity contribution in [2.45, 2.75) is 146 Å². The molecule has 5 aromatic carbocycles. The second-order valence-corrected chi connectivity index (χ2v) is 35.1. The first-order chi connectivity index (χ1) is 56.9. The highest BCUT2D eigenvalue weighted by molar-refractivity contribution is 7.89. The van der Waals surface area contributed by atoms with Crippen LogP contribution < -0.4 is 36.3 Å². The Bertz CT molecular complexity index is 4930. The van der Waals surface area contributed by atoms with Crippen LogP contribution in [0.15, 0.2) is 112 Å². The fourth-order valence-electron chi connectivity index (χ4n) is 14.5. The maximum Gasteiger partial charge on any atom is 0.255 e. The minimum absolute atomic E-state index is 0.000530. The lowest BCUT2D eigenvalue weighted by atomic mass is 9.93. The number of rotatable bonds is 34. The van der Waals surface area contributed by atoms with E-state index in [-0.39, 0.29) is 64.0 Å². The number of hydrogen-bond acceptors (Lipinski definition) is 24. The van der Waals surface area contributed by atoms with Crippen molar-refractivity contribution in [2.75, 3.05) is 120 Å². The summed E-state index contributed by atoms with van der Waals surface area (Å²) >= 11 is 1.64. The van der Waals surface area contributed by atoms with Crippen LogP contribution in [0.4, 0.5) is 4.39 Å². The number of aliphatic hydroxyl groups excluding tert-OH is 5. The van der Waals surface area contributed by atoms with E-state index in [1.54, 1.807) is 145 Å². The van der Waals surface area contributed by atoms with Gasteiger partial charge < -0.3 is 71.4 Å². The standard InChI is InChI=1S/C20H33N5O2.C17H25FN4O2.C16H25N5O4S.C16H23N3O3.C16H23N3O2S/c1-13(19(26)18(24(5)6)20(27)21-2)10-17-22-15-11-14(12-23(3)4)8-9-16(15)25(17)7;1-10(16(23)15(22(3)4)17(24)19-2)7-14-20-12-6-5-11(9-18)8-13(12)21-14;1-9(15(22)14(21(3)4)16(23)18-2)7-13-19-11-6-5-10(26(17,24)25)8-12(11)20-13;2*1-10(15(20)14(19(3)4)16(21)17-2)9-13-18-11-7-5-6-8-12(11)22-13/h8-9,11,13,18-19,26H,10,12H2,1-7H3,(H,21,27);5-6,8,10,15-16,23H,7,9H2,1-4H3,(H,19,24)(H,20,21);5-6,8-9,14-15,22H,7H2,1-4H3,(H,18,23)(H,19,20)(H2,17,24,25);2*5-8,10,14-15,20H,9H2,1-4H3,(H,17,21)/p+1/t13-,18-,19-;10-,15-,16-;9-,14-,15-;2*10-,14-,15-/m11111/s1. The van der Waals surface area contributed by atoms with Gasteiger partial charge in [-0.2, -0.15) is 0 Å². The number of alkyl halides is 1. The number of likely N-dealkylation sites (N-methyl/N-ethyl adjacent to an activating group) is 10. The first kappa shape index (κ1) is 100. The van der Waals surface area contributed by atoms with Gasteiger partial charge in [0.05, 0.1) is 86.2 Å². The van der Waals surface area contributed by atoms with Crippen LogP contribution in [0.5, 0.6) is 0 Å². The van der Waals surface area contributed by atoms with Crippen molar-refractivity contribution in [3.8, 4) is 0 Å². The number of aromatic amines is 3. The highest BCUT2D eigenvalue weighted by Crippen LogP contribution is 2.29. The second-order valence-electron chi connectivity index (χ2n) is 32.4. The molecular formula is C85H130FN20O13S2+. The Morgan fingerprint density at radius 2 is 0.860 bits per heavy atom. The summed E-state index contributed by atoms with van der Waals surface area (Å²) < 4.78 is 44.6. The number of fused-ring (bicyclic) bond motifs is 5. The molecule has 0 radical (unpaired) electrons. The Morgan fingerprint density at radius 3 is 1.27 bits per heavy atom. The summed E-state index contributed by atoms with van der Waals surface area (Å²) in [6.45, 7) is 9.90. The average molecular weight is 1720 g/mol. The van der Waals surface area contributed by atoms with E-state index in [4.69, 9.17) is 9.56 Å². The van der Waals surface area contributed by atoms with Gasteiger partial charge in [-0.3, -0.25) is 48.5 Å². The number of nitrogens with zero attached hydrogens (tertiary/aromatic N) is 11. The molecule has 10 aromatic rings. The van der Waals surface area contributed by atoms with E-state index >= 15 is 0 Å². The number of hydrogen-bond donors (Lipinski definition) is 14. The van der Waals surface area contributed by atoms with Gasteiger partial charge in [0.1, 0.15) is 54.0 Å². The van der Waals surface area contributed by atoms with Crippen LogP contribution in [0, 0.1) is 29.6 Å². The van der Waals surface area contributed by atoms with E-state index in [1.807, 2.05) is 104 Å². The monoisotopic (exact) mass is 1720 g/mol. The number of aryl methyl sites for hydroxylation is 1. The summed E-state index contributed by atoms with van der Waals surface area (Å²) in [6, 6.07) is 28.5. The van der Waals surface area contributed by atoms with Crippen LogP contribution >= 0.6 is 11.3 Å². The van der Waals surface area contributed by atoms with Gasteiger partial charge in [-0.05, 0) is 192 Å². The number of nitrogens with one attached hydrogen (secondary N) is 8. The highest BCUT2D eigenvalue weighted by atomic mass is 32.2. The summed E-state index contributed by atoms with van der Waals surface area (Å²) in [5.74, 6) is 1.09. The van der Waals surface area contributed by atoms with Gasteiger partial charge in [0, 0.05) is 67.5 Å². The van der Waals surface area contributed by atoms with Crippen molar-refractivity contribution in [3.05, 3.63) is 143 Å². The number of halogens is 1. The maximum absolute atomic E-state index is 12.7. The van der Waals surface area contributed by atoms with Gasteiger partial charge in [-0.1, -0.05) is 71.0 Å². The van der Waals surface area contributed by atoms with Crippen molar-refractivity contribution < 1.29 is 71.3 Å². The van der Waals surface area contributed by atoms with Crippen molar-refractivity contribution in [2.24, 2.45) is 41.8 Å². The molecule has 0 bridgehead atoms. The quantitative estimate of drug-likeness (QED) is 0.0257. The minimum atomic E-state index is -3.79. The molecular weight excluding hydrogens is 1590 g/mol. The molecule has 33 nitrogen and oxygen atoms in total. The van der Waals surface area contributed by atoms with Gasteiger partial charge in [-0.15, -0.1) is 11.3 Å². The smallest absolute Gasteiger partial charge is 0.255 e. The molecule has 0 saturated heterocycles. The van der Waals surface area contributed by atoms with Crippen LogP contribution in [-0.4, -0.2) is 308 Å². The summed E-state index contributed by atoms with van der Waals surface area (Å²) in [5.41, 5.74) is 9.27. The Hall–Kier alpha value is -9.38. The molecule has 0 saturated carbocycles. The molecule has 15 N–H and O–H groups in total. The molecule has 5 aromatic heterocycles. The number of para-hydroxylation sites is 3. The summed E-state index contributed by atoms with van der Waals surface area (Å²) in [5, 5.41) is 72.1. The zero-order valence-electron chi connectivity index (χ0n) is 74.1. The third-order valence-corrected chi connectivity index (χ3v) is 23.3. The third kappa shape index (κ3) is 27.6. The zero-order chi connectivity index (χ0) is 90.4. The molecule has 5 heterocycles. The van der Waals surface area contributed by atoms with Crippen LogP contribution in [0.25, 0.3) is 54.4 Å². The Labute approximate surface area is 713 Å². The van der Waals surface area contributed by atoms with Gasteiger partial charge in [0.25, 0.3) is 5.82 Å². The van der Waals surface area contributed by atoms with Gasteiger partial charge in [0.2, 0.25) is 39.6 Å². The summed E-state index contributed by atoms with van der Waals surface area (Å²) in [6.07, 6.45) is -1.42. The molecule has 0 aliphatic rings. The molecule has 666 valence electrons. The zero-order valence-corrected chi connectivity index (χ0v) is 75.8. The Morgan fingerprint density at radius 1 is 0.471 bits per heavy atom.